The van der Waals surface area contributed by atoms with Crippen molar-refractivity contribution in [2.45, 2.75) is 33.0 Å². The maximum atomic E-state index is 5.78. The van der Waals surface area contributed by atoms with E-state index in [1.165, 1.54) is 0 Å². The molecule has 0 radical (unpaired) electrons. The van der Waals surface area contributed by atoms with Crippen molar-refractivity contribution in [3.05, 3.63) is 36.4 Å². The van der Waals surface area contributed by atoms with Gasteiger partial charge in [-0.05, 0) is 44.4 Å². The molecule has 1 saturated heterocycles. The minimum atomic E-state index is -0.342. The SMILES string of the molecule is Cc1nccc(Nc2cc(B3OC(C)C(C)O3)ccn2)n1. The molecule has 108 valence electrons. The predicted molar refractivity (Wildman–Crippen MR) is 80.8 cm³/mol. The molecule has 1 aliphatic heterocycles. The van der Waals surface area contributed by atoms with Crippen molar-refractivity contribution in [2.24, 2.45) is 0 Å². The third-order valence-electron chi connectivity index (χ3n) is 3.43. The normalized spacial score (nSPS) is 21.6. The van der Waals surface area contributed by atoms with Crippen LogP contribution in [0.1, 0.15) is 19.7 Å². The minimum Gasteiger partial charge on any atom is -0.402 e. The predicted octanol–water partition coefficient (Wildman–Crippen LogP) is 1.44. The summed E-state index contributed by atoms with van der Waals surface area (Å²) in [5, 5.41) is 3.16. The summed E-state index contributed by atoms with van der Waals surface area (Å²) in [6.45, 7) is 5.86. The molecule has 3 rings (SSSR count). The maximum absolute atomic E-state index is 5.78. The quantitative estimate of drug-likeness (QED) is 0.860. The van der Waals surface area contributed by atoms with Crippen molar-refractivity contribution >= 4 is 24.2 Å². The van der Waals surface area contributed by atoms with E-state index < -0.39 is 0 Å². The second-order valence-corrected chi connectivity index (χ2v) is 5.10. The van der Waals surface area contributed by atoms with E-state index in [-0.39, 0.29) is 19.3 Å². The zero-order valence-electron chi connectivity index (χ0n) is 12.3. The van der Waals surface area contributed by atoms with Crippen LogP contribution in [0.5, 0.6) is 0 Å². The molecule has 0 aliphatic carbocycles. The van der Waals surface area contributed by atoms with E-state index in [1.807, 2.05) is 32.9 Å². The number of nitrogens with zero attached hydrogens (tertiary/aromatic N) is 3. The Morgan fingerprint density at radius 1 is 1.05 bits per heavy atom. The highest BCUT2D eigenvalue weighted by molar-refractivity contribution is 6.62. The third kappa shape index (κ3) is 3.20. The van der Waals surface area contributed by atoms with Gasteiger partial charge in [-0.2, -0.15) is 0 Å². The lowest BCUT2D eigenvalue weighted by molar-refractivity contribution is 0.187. The van der Waals surface area contributed by atoms with Gasteiger partial charge in [-0.3, -0.25) is 0 Å². The second-order valence-electron chi connectivity index (χ2n) is 5.10. The Hall–Kier alpha value is -1.99. The summed E-state index contributed by atoms with van der Waals surface area (Å²) in [7, 11) is -0.342. The molecule has 6 nitrogen and oxygen atoms in total. The van der Waals surface area contributed by atoms with Crippen LogP contribution in [0.3, 0.4) is 0 Å². The van der Waals surface area contributed by atoms with Gasteiger partial charge in [-0.1, -0.05) is 0 Å². The molecule has 2 atom stereocenters. The van der Waals surface area contributed by atoms with E-state index in [2.05, 4.69) is 20.3 Å². The van der Waals surface area contributed by atoms with Gasteiger partial charge >= 0.3 is 7.12 Å². The number of aromatic nitrogens is 3. The molecule has 0 bridgehead atoms. The smallest absolute Gasteiger partial charge is 0.402 e. The third-order valence-corrected chi connectivity index (χ3v) is 3.43. The average molecular weight is 284 g/mol. The Labute approximate surface area is 124 Å². The first kappa shape index (κ1) is 14.0. The minimum absolute atomic E-state index is 0.0871. The zero-order valence-corrected chi connectivity index (χ0v) is 12.3. The van der Waals surface area contributed by atoms with Gasteiger partial charge in [0.25, 0.3) is 0 Å². The molecule has 0 aromatic carbocycles. The van der Waals surface area contributed by atoms with Gasteiger partial charge in [0.05, 0.1) is 12.2 Å². The Kier molecular flexibility index (Phi) is 3.85. The topological polar surface area (TPSA) is 69.2 Å². The molecule has 0 amide bonds. The van der Waals surface area contributed by atoms with Crippen molar-refractivity contribution in [1.82, 2.24) is 15.0 Å². The average Bonchev–Trinajstić information content (AvgIpc) is 2.79. The lowest BCUT2D eigenvalue weighted by atomic mass is 9.80. The van der Waals surface area contributed by atoms with Crippen LogP contribution in [0.15, 0.2) is 30.6 Å². The van der Waals surface area contributed by atoms with E-state index in [1.54, 1.807) is 18.5 Å². The van der Waals surface area contributed by atoms with E-state index >= 15 is 0 Å². The Morgan fingerprint density at radius 2 is 1.76 bits per heavy atom. The van der Waals surface area contributed by atoms with E-state index in [4.69, 9.17) is 9.31 Å². The van der Waals surface area contributed by atoms with Crippen LogP contribution in [0.25, 0.3) is 0 Å². The first-order valence-corrected chi connectivity index (χ1v) is 6.95. The van der Waals surface area contributed by atoms with Gasteiger partial charge in [0, 0.05) is 12.4 Å². The van der Waals surface area contributed by atoms with Crippen LogP contribution < -0.4 is 10.8 Å². The molecule has 7 heteroatoms. The van der Waals surface area contributed by atoms with Crippen molar-refractivity contribution in [1.29, 1.82) is 0 Å². The Bertz CT molecular complexity index is 630. The standard InChI is InChI=1S/C14H17BN4O2/c1-9-10(2)21-15(20-9)12-4-6-17-14(8-12)19-13-5-7-16-11(3)18-13/h4-10H,1-3H3,(H,16,17,18,19). The molecule has 2 aromatic rings. The van der Waals surface area contributed by atoms with Gasteiger partial charge < -0.3 is 14.6 Å². The van der Waals surface area contributed by atoms with Crippen LogP contribution in [0, 0.1) is 6.92 Å². The first-order chi connectivity index (χ1) is 10.1. The first-order valence-electron chi connectivity index (χ1n) is 6.95. The van der Waals surface area contributed by atoms with Crippen LogP contribution in [-0.4, -0.2) is 34.3 Å². The highest BCUT2D eigenvalue weighted by atomic mass is 16.7. The summed E-state index contributed by atoms with van der Waals surface area (Å²) >= 11 is 0. The monoisotopic (exact) mass is 284 g/mol. The van der Waals surface area contributed by atoms with Gasteiger partial charge in [0.15, 0.2) is 0 Å². The van der Waals surface area contributed by atoms with Crippen LogP contribution in [-0.2, 0) is 9.31 Å². The number of hydrogen-bond acceptors (Lipinski definition) is 6. The van der Waals surface area contributed by atoms with Crippen LogP contribution in [0.2, 0.25) is 0 Å². The summed E-state index contributed by atoms with van der Waals surface area (Å²) < 4.78 is 11.6. The second kappa shape index (κ2) is 5.79. The summed E-state index contributed by atoms with van der Waals surface area (Å²) in [4.78, 5) is 12.7. The fourth-order valence-corrected chi connectivity index (χ4v) is 2.12. The number of pyridine rings is 1. The van der Waals surface area contributed by atoms with Gasteiger partial charge in [0.1, 0.15) is 17.5 Å². The highest BCUT2D eigenvalue weighted by Gasteiger charge is 2.36. The molecule has 0 spiro atoms. The number of aryl methyl sites for hydroxylation is 1. The van der Waals surface area contributed by atoms with Crippen molar-refractivity contribution in [3.63, 3.8) is 0 Å². The Morgan fingerprint density at radius 3 is 2.48 bits per heavy atom. The summed E-state index contributed by atoms with van der Waals surface area (Å²) in [6.07, 6.45) is 3.61. The Balaban J connectivity index is 1.77. The van der Waals surface area contributed by atoms with Crippen LogP contribution in [0.4, 0.5) is 11.6 Å². The molecule has 1 fully saturated rings. The molecule has 1 N–H and O–H groups in total. The lowest BCUT2D eigenvalue weighted by Gasteiger charge is -2.08. The molecular weight excluding hydrogens is 267 g/mol. The van der Waals surface area contributed by atoms with Crippen molar-refractivity contribution in [3.8, 4) is 0 Å². The molecule has 3 heterocycles. The fraction of sp³-hybridized carbons (Fsp3) is 0.357. The molecule has 2 unspecified atom stereocenters. The maximum Gasteiger partial charge on any atom is 0.494 e. The summed E-state index contributed by atoms with van der Waals surface area (Å²) in [5.74, 6) is 2.12. The molecule has 1 aliphatic rings. The molecule has 2 aromatic heterocycles. The van der Waals surface area contributed by atoms with Crippen molar-refractivity contribution < 1.29 is 9.31 Å². The molecule has 0 saturated carbocycles. The molecular formula is C14H17BN4O2. The van der Waals surface area contributed by atoms with E-state index in [0.717, 1.165) is 5.46 Å². The number of hydrogen-bond donors (Lipinski definition) is 1. The fourth-order valence-electron chi connectivity index (χ4n) is 2.12. The zero-order chi connectivity index (χ0) is 14.8. The summed E-state index contributed by atoms with van der Waals surface area (Å²) in [5.41, 5.74) is 0.939. The number of nitrogens with one attached hydrogen (secondary N) is 1. The number of anilines is 2. The summed E-state index contributed by atoms with van der Waals surface area (Å²) in [6, 6.07) is 5.60. The van der Waals surface area contributed by atoms with E-state index in [0.29, 0.717) is 17.5 Å². The number of rotatable bonds is 3. The highest BCUT2D eigenvalue weighted by Crippen LogP contribution is 2.17. The van der Waals surface area contributed by atoms with Gasteiger partial charge in [0.2, 0.25) is 0 Å². The lowest BCUT2D eigenvalue weighted by Crippen LogP contribution is -2.32. The van der Waals surface area contributed by atoms with E-state index in [9.17, 15) is 0 Å². The van der Waals surface area contributed by atoms with Gasteiger partial charge in [-0.25, -0.2) is 15.0 Å². The molecule has 21 heavy (non-hydrogen) atoms. The largest absolute Gasteiger partial charge is 0.494 e. The van der Waals surface area contributed by atoms with Gasteiger partial charge in [-0.15, -0.1) is 0 Å². The van der Waals surface area contributed by atoms with Crippen molar-refractivity contribution in [2.75, 3.05) is 5.32 Å². The van der Waals surface area contributed by atoms with Crippen LogP contribution >= 0.6 is 0 Å².